The Morgan fingerprint density at radius 1 is 0.735 bits per heavy atom. The molecule has 1 fully saturated rings. The normalized spacial score (nSPS) is 24.4. The topological polar surface area (TPSA) is 244 Å². The number of aliphatic hydroxyl groups excluding tert-OH is 3. The van der Waals surface area contributed by atoms with Gasteiger partial charge in [-0.1, -0.05) is 0 Å². The van der Waals surface area contributed by atoms with Crippen LogP contribution in [0.25, 0.3) is 0 Å². The summed E-state index contributed by atoms with van der Waals surface area (Å²) in [5.74, 6) is -7.93. The maximum absolute atomic E-state index is 12.5. The number of benzene rings is 2. The predicted octanol–water partition coefficient (Wildman–Crippen LogP) is -1.26. The van der Waals surface area contributed by atoms with Crippen molar-refractivity contribution < 1.29 is 69.8 Å². The second-order valence-electron chi connectivity index (χ2n) is 7.20. The molecule has 2 aromatic rings. The predicted molar refractivity (Wildman–Crippen MR) is 105 cm³/mol. The minimum atomic E-state index is -2.04. The van der Waals surface area contributed by atoms with Gasteiger partial charge in [0.15, 0.2) is 53.0 Å². The lowest BCUT2D eigenvalue weighted by atomic mass is 9.98. The van der Waals surface area contributed by atoms with Crippen LogP contribution in [0.15, 0.2) is 24.3 Å². The number of hydrogen-bond acceptors (Lipinski definition) is 14. The number of aromatic hydroxyl groups is 6. The molecule has 0 saturated carbocycles. The highest BCUT2D eigenvalue weighted by molar-refractivity contribution is 5.92. The van der Waals surface area contributed by atoms with Gasteiger partial charge in [0, 0.05) is 0 Å². The highest BCUT2D eigenvalue weighted by atomic mass is 16.7. The fourth-order valence-corrected chi connectivity index (χ4v) is 3.15. The minimum absolute atomic E-state index is 0.500. The van der Waals surface area contributed by atoms with Gasteiger partial charge >= 0.3 is 11.9 Å². The first-order valence-electron chi connectivity index (χ1n) is 9.48. The Morgan fingerprint density at radius 3 is 1.50 bits per heavy atom. The van der Waals surface area contributed by atoms with Gasteiger partial charge in [-0.15, -0.1) is 0 Å². The molecule has 3 rings (SSSR count). The third kappa shape index (κ3) is 4.69. The van der Waals surface area contributed by atoms with Crippen LogP contribution in [-0.4, -0.2) is 95.2 Å². The molecule has 0 spiro atoms. The monoisotopic (exact) mass is 484 g/mol. The molecule has 5 atom stereocenters. The van der Waals surface area contributed by atoms with Crippen LogP contribution in [0, 0.1) is 0 Å². The zero-order valence-corrected chi connectivity index (χ0v) is 17.0. The van der Waals surface area contributed by atoms with Crippen molar-refractivity contribution in [3.63, 3.8) is 0 Å². The summed E-state index contributed by atoms with van der Waals surface area (Å²) < 4.78 is 15.1. The number of hydrogen-bond donors (Lipinski definition) is 9. The molecule has 1 heterocycles. The van der Waals surface area contributed by atoms with Crippen LogP contribution in [0.1, 0.15) is 20.7 Å². The number of esters is 2. The van der Waals surface area contributed by atoms with Gasteiger partial charge in [0.25, 0.3) is 0 Å². The number of ether oxygens (including phenoxy) is 3. The zero-order valence-electron chi connectivity index (χ0n) is 17.0. The molecule has 2 aromatic carbocycles. The Hall–Kier alpha value is -3.98. The Balaban J connectivity index is 1.89. The number of carbonyl (C=O) groups is 2. The fraction of sp³-hybridized carbons (Fsp3) is 0.300. The largest absolute Gasteiger partial charge is 0.504 e. The van der Waals surface area contributed by atoms with E-state index in [1.54, 1.807) is 0 Å². The molecule has 0 bridgehead atoms. The van der Waals surface area contributed by atoms with Crippen LogP contribution in [0.3, 0.4) is 0 Å². The summed E-state index contributed by atoms with van der Waals surface area (Å²) in [5.41, 5.74) is -1.00. The van der Waals surface area contributed by atoms with E-state index in [0.717, 1.165) is 24.3 Å². The average molecular weight is 484 g/mol. The van der Waals surface area contributed by atoms with Gasteiger partial charge < -0.3 is 60.2 Å². The van der Waals surface area contributed by atoms with Crippen LogP contribution in [0.5, 0.6) is 34.5 Å². The number of rotatable bonds is 5. The van der Waals surface area contributed by atoms with Gasteiger partial charge in [-0.05, 0) is 24.3 Å². The van der Waals surface area contributed by atoms with Gasteiger partial charge in [-0.3, -0.25) is 0 Å². The van der Waals surface area contributed by atoms with Gasteiger partial charge in [-0.2, -0.15) is 0 Å². The van der Waals surface area contributed by atoms with E-state index in [1.807, 2.05) is 0 Å². The van der Waals surface area contributed by atoms with Crippen molar-refractivity contribution in [2.45, 2.75) is 30.7 Å². The van der Waals surface area contributed by atoms with E-state index >= 15 is 0 Å². The number of phenolic OH excluding ortho intramolecular Hbond substituents is 6. The summed E-state index contributed by atoms with van der Waals surface area (Å²) in [6.07, 6.45) is -9.15. The van der Waals surface area contributed by atoms with E-state index in [9.17, 15) is 55.5 Å². The third-order valence-electron chi connectivity index (χ3n) is 4.91. The average Bonchev–Trinajstić information content (AvgIpc) is 2.79. The molecule has 184 valence electrons. The number of carbonyl (C=O) groups excluding carboxylic acids is 2. The SMILES string of the molecule is O=C(O[C@@H]1[C@H](O)[C@@H](CO)O[C@@H](O)[C@@H]1OC(=O)c1cc(O)c(O)c(O)c1)c1cc(O)c(O)c(O)c1. The number of aliphatic hydroxyl groups is 3. The van der Waals surface area contributed by atoms with Crippen LogP contribution in [-0.2, 0) is 14.2 Å². The maximum atomic E-state index is 12.5. The Kier molecular flexibility index (Phi) is 6.88. The molecule has 0 aromatic heterocycles. The molecule has 0 aliphatic carbocycles. The second kappa shape index (κ2) is 9.48. The van der Waals surface area contributed by atoms with Crippen LogP contribution >= 0.6 is 0 Å². The van der Waals surface area contributed by atoms with Crippen LogP contribution in [0.4, 0.5) is 0 Å². The lowest BCUT2D eigenvalue weighted by molar-refractivity contribution is -0.285. The molecule has 0 amide bonds. The number of phenols is 6. The summed E-state index contributed by atoms with van der Waals surface area (Å²) in [6, 6.07) is 2.91. The standard InChI is InChI=1S/C20H20O14/c21-5-12-15(28)16(33-18(29)6-1-8(22)13(26)9(23)2-6)17(20(31)32-12)34-19(30)7-3-10(24)14(27)11(25)4-7/h1-4,12,15-17,20-28,31H,5H2/t12-,15-,16-,17-,20-/m1/s1. The molecule has 0 radical (unpaired) electrons. The summed E-state index contributed by atoms with van der Waals surface area (Å²) >= 11 is 0. The molecule has 14 nitrogen and oxygen atoms in total. The third-order valence-corrected chi connectivity index (χ3v) is 4.91. The quantitative estimate of drug-likeness (QED) is 0.178. The first-order valence-corrected chi connectivity index (χ1v) is 9.48. The smallest absolute Gasteiger partial charge is 0.339 e. The Labute approximate surface area is 189 Å². The Bertz CT molecular complexity index is 1050. The fourth-order valence-electron chi connectivity index (χ4n) is 3.15. The van der Waals surface area contributed by atoms with E-state index in [1.165, 1.54) is 0 Å². The van der Waals surface area contributed by atoms with E-state index < -0.39 is 94.9 Å². The summed E-state index contributed by atoms with van der Waals surface area (Å²) in [5, 5.41) is 87.2. The zero-order chi connectivity index (χ0) is 25.3. The molecular formula is C20H20O14. The second-order valence-corrected chi connectivity index (χ2v) is 7.20. The van der Waals surface area contributed by atoms with Crippen molar-refractivity contribution in [1.29, 1.82) is 0 Å². The Morgan fingerprint density at radius 2 is 1.12 bits per heavy atom. The van der Waals surface area contributed by atoms with E-state index in [-0.39, 0.29) is 0 Å². The van der Waals surface area contributed by atoms with Crippen molar-refractivity contribution >= 4 is 11.9 Å². The van der Waals surface area contributed by atoms with Crippen molar-refractivity contribution in [2.24, 2.45) is 0 Å². The summed E-state index contributed by atoms with van der Waals surface area (Å²) in [7, 11) is 0. The lowest BCUT2D eigenvalue weighted by Gasteiger charge is -2.41. The molecule has 0 unspecified atom stereocenters. The minimum Gasteiger partial charge on any atom is -0.504 e. The van der Waals surface area contributed by atoms with E-state index in [4.69, 9.17) is 14.2 Å². The highest BCUT2D eigenvalue weighted by Crippen LogP contribution is 2.37. The molecule has 34 heavy (non-hydrogen) atoms. The maximum Gasteiger partial charge on any atom is 0.339 e. The molecule has 14 heteroatoms. The first kappa shape index (κ1) is 24.7. The molecule has 1 aliphatic heterocycles. The van der Waals surface area contributed by atoms with Gasteiger partial charge in [0.1, 0.15) is 12.2 Å². The van der Waals surface area contributed by atoms with Crippen molar-refractivity contribution in [3.05, 3.63) is 35.4 Å². The first-order chi connectivity index (χ1) is 15.9. The highest BCUT2D eigenvalue weighted by Gasteiger charge is 2.49. The van der Waals surface area contributed by atoms with Gasteiger partial charge in [0.2, 0.25) is 0 Å². The molecule has 9 N–H and O–H groups in total. The van der Waals surface area contributed by atoms with E-state index in [0.29, 0.717) is 0 Å². The lowest BCUT2D eigenvalue weighted by Crippen LogP contribution is -2.61. The summed E-state index contributed by atoms with van der Waals surface area (Å²) in [6.45, 7) is -0.840. The van der Waals surface area contributed by atoms with Gasteiger partial charge in [0.05, 0.1) is 17.7 Å². The van der Waals surface area contributed by atoms with Gasteiger partial charge in [-0.25, -0.2) is 9.59 Å². The van der Waals surface area contributed by atoms with E-state index in [2.05, 4.69) is 0 Å². The molecular weight excluding hydrogens is 464 g/mol. The molecule has 1 aliphatic rings. The van der Waals surface area contributed by atoms with Crippen LogP contribution < -0.4 is 0 Å². The van der Waals surface area contributed by atoms with Crippen molar-refractivity contribution in [3.8, 4) is 34.5 Å². The van der Waals surface area contributed by atoms with Crippen molar-refractivity contribution in [1.82, 2.24) is 0 Å². The summed E-state index contributed by atoms with van der Waals surface area (Å²) in [4.78, 5) is 25.0. The molecule has 1 saturated heterocycles. The van der Waals surface area contributed by atoms with Crippen LogP contribution in [0.2, 0.25) is 0 Å². The van der Waals surface area contributed by atoms with Crippen molar-refractivity contribution in [2.75, 3.05) is 6.61 Å².